The van der Waals surface area contributed by atoms with Gasteiger partial charge in [-0.1, -0.05) is 102 Å². The molecule has 1 aliphatic rings. The summed E-state index contributed by atoms with van der Waals surface area (Å²) in [6.07, 6.45) is 0. The van der Waals surface area contributed by atoms with Gasteiger partial charge in [-0.15, -0.1) is 0 Å². The van der Waals surface area contributed by atoms with Crippen LogP contribution in [-0.4, -0.2) is 5.71 Å². The zero-order valence-electron chi connectivity index (χ0n) is 21.3. The molecule has 0 unspecified atom stereocenters. The van der Waals surface area contributed by atoms with E-state index in [-0.39, 0.29) is 0 Å². The third-order valence-electron chi connectivity index (χ3n) is 7.06. The fraction of sp³-hybridized carbons (Fsp3) is 0.114. The molecular weight excluding hydrogens is 434 g/mol. The standard InChI is InChI=1S/C35H29N/c1-22-11-15-26(16-12-22)29-7-5-9-31-33(29)34-30(27-17-13-23(2)14-18-27)8-6-10-32(34)35(31)36-28-20-24(3)19-25(4)21-28/h5-21H,1-4H3. The van der Waals surface area contributed by atoms with Crippen molar-refractivity contribution in [2.75, 3.05) is 0 Å². The second-order valence-electron chi connectivity index (χ2n) is 9.99. The lowest BCUT2D eigenvalue weighted by Gasteiger charge is -2.14. The lowest BCUT2D eigenvalue weighted by molar-refractivity contribution is 1.36. The van der Waals surface area contributed by atoms with Crippen LogP contribution >= 0.6 is 0 Å². The largest absolute Gasteiger partial charge is 0.248 e. The van der Waals surface area contributed by atoms with Gasteiger partial charge >= 0.3 is 0 Å². The molecule has 0 saturated carbocycles. The van der Waals surface area contributed by atoms with Crippen LogP contribution in [0.4, 0.5) is 5.69 Å². The molecule has 0 N–H and O–H groups in total. The molecule has 174 valence electrons. The maximum absolute atomic E-state index is 5.28. The highest BCUT2D eigenvalue weighted by Crippen LogP contribution is 2.48. The van der Waals surface area contributed by atoms with Crippen molar-refractivity contribution in [3.63, 3.8) is 0 Å². The van der Waals surface area contributed by atoms with Crippen molar-refractivity contribution in [1.82, 2.24) is 0 Å². The Kier molecular flexibility index (Phi) is 5.42. The van der Waals surface area contributed by atoms with Crippen LogP contribution in [0.25, 0.3) is 33.4 Å². The minimum Gasteiger partial charge on any atom is -0.248 e. The normalized spacial score (nSPS) is 11.8. The van der Waals surface area contributed by atoms with E-state index >= 15 is 0 Å². The molecule has 0 fully saturated rings. The summed E-state index contributed by atoms with van der Waals surface area (Å²) in [6, 6.07) is 37.6. The molecule has 5 aromatic rings. The Morgan fingerprint density at radius 3 is 1.28 bits per heavy atom. The molecule has 0 atom stereocenters. The van der Waals surface area contributed by atoms with Crippen LogP contribution in [0.3, 0.4) is 0 Å². The molecular formula is C35H29N. The Hall–Kier alpha value is -4.23. The number of rotatable bonds is 3. The highest BCUT2D eigenvalue weighted by Gasteiger charge is 2.30. The van der Waals surface area contributed by atoms with E-state index < -0.39 is 0 Å². The molecule has 1 aliphatic carbocycles. The van der Waals surface area contributed by atoms with E-state index in [1.807, 2.05) is 0 Å². The van der Waals surface area contributed by atoms with Gasteiger partial charge in [0.15, 0.2) is 0 Å². The predicted octanol–water partition coefficient (Wildman–Crippen LogP) is 9.40. The molecule has 6 rings (SSSR count). The monoisotopic (exact) mass is 463 g/mol. The highest BCUT2D eigenvalue weighted by atomic mass is 14.8. The second kappa shape index (κ2) is 8.77. The summed E-state index contributed by atoms with van der Waals surface area (Å²) in [6.45, 7) is 8.55. The first-order valence-electron chi connectivity index (χ1n) is 12.6. The van der Waals surface area contributed by atoms with E-state index in [9.17, 15) is 0 Å². The van der Waals surface area contributed by atoms with E-state index in [1.165, 1.54) is 66.8 Å². The summed E-state index contributed by atoms with van der Waals surface area (Å²) in [7, 11) is 0. The van der Waals surface area contributed by atoms with Gasteiger partial charge in [-0.25, -0.2) is 4.99 Å². The van der Waals surface area contributed by atoms with Crippen molar-refractivity contribution in [3.05, 3.63) is 137 Å². The maximum atomic E-state index is 5.28. The van der Waals surface area contributed by atoms with Crippen LogP contribution < -0.4 is 0 Å². The number of hydrogen-bond acceptors (Lipinski definition) is 1. The molecule has 1 heteroatoms. The fourth-order valence-corrected chi connectivity index (χ4v) is 5.40. The van der Waals surface area contributed by atoms with E-state index in [2.05, 4.69) is 131 Å². The Labute approximate surface area is 213 Å². The third kappa shape index (κ3) is 3.87. The summed E-state index contributed by atoms with van der Waals surface area (Å²) in [5.74, 6) is 0. The number of fused-ring (bicyclic) bond motifs is 3. The summed E-state index contributed by atoms with van der Waals surface area (Å²) in [5.41, 5.74) is 16.9. The molecule has 1 nitrogen and oxygen atoms in total. The van der Waals surface area contributed by atoms with Crippen molar-refractivity contribution in [2.45, 2.75) is 27.7 Å². The number of hydrogen-bond donors (Lipinski definition) is 0. The van der Waals surface area contributed by atoms with Gasteiger partial charge in [-0.2, -0.15) is 0 Å². The lowest BCUT2D eigenvalue weighted by atomic mass is 9.89. The van der Waals surface area contributed by atoms with Crippen LogP contribution in [0.15, 0.2) is 108 Å². The van der Waals surface area contributed by atoms with Crippen LogP contribution in [0.5, 0.6) is 0 Å². The van der Waals surface area contributed by atoms with Crippen LogP contribution in [-0.2, 0) is 0 Å². The predicted molar refractivity (Wildman–Crippen MR) is 153 cm³/mol. The van der Waals surface area contributed by atoms with E-state index in [1.54, 1.807) is 0 Å². The Morgan fingerprint density at radius 2 is 0.833 bits per heavy atom. The van der Waals surface area contributed by atoms with Gasteiger partial charge in [-0.3, -0.25) is 0 Å². The molecule has 0 spiro atoms. The lowest BCUT2D eigenvalue weighted by Crippen LogP contribution is -1.98. The summed E-state index contributed by atoms with van der Waals surface area (Å²) < 4.78 is 0. The van der Waals surface area contributed by atoms with Gasteiger partial charge in [0, 0.05) is 22.3 Å². The average molecular weight is 464 g/mol. The van der Waals surface area contributed by atoms with Crippen molar-refractivity contribution >= 4 is 11.4 Å². The van der Waals surface area contributed by atoms with Crippen molar-refractivity contribution in [2.24, 2.45) is 4.99 Å². The van der Waals surface area contributed by atoms with E-state index in [4.69, 9.17) is 4.99 Å². The minimum absolute atomic E-state index is 1.00. The van der Waals surface area contributed by atoms with E-state index in [0.717, 1.165) is 11.4 Å². The van der Waals surface area contributed by atoms with Crippen molar-refractivity contribution < 1.29 is 0 Å². The van der Waals surface area contributed by atoms with Gasteiger partial charge in [0.1, 0.15) is 0 Å². The molecule has 0 aliphatic heterocycles. The summed E-state index contributed by atoms with van der Waals surface area (Å²) in [5, 5.41) is 0. The average Bonchev–Trinajstić information content (AvgIpc) is 3.18. The molecule has 0 saturated heterocycles. The van der Waals surface area contributed by atoms with Crippen LogP contribution in [0.2, 0.25) is 0 Å². The van der Waals surface area contributed by atoms with Gasteiger partial charge < -0.3 is 0 Å². The first-order valence-corrected chi connectivity index (χ1v) is 12.6. The number of nitrogens with zero attached hydrogens (tertiary/aromatic N) is 1. The van der Waals surface area contributed by atoms with E-state index in [0.29, 0.717) is 0 Å². The third-order valence-corrected chi connectivity index (χ3v) is 7.06. The zero-order chi connectivity index (χ0) is 24.8. The molecule has 0 heterocycles. The van der Waals surface area contributed by atoms with Gasteiger partial charge in [0.2, 0.25) is 0 Å². The topological polar surface area (TPSA) is 12.4 Å². The molecule has 0 aromatic heterocycles. The molecule has 0 radical (unpaired) electrons. The van der Waals surface area contributed by atoms with Gasteiger partial charge in [0.25, 0.3) is 0 Å². The summed E-state index contributed by atoms with van der Waals surface area (Å²) >= 11 is 0. The Bertz CT molecular complexity index is 1520. The second-order valence-corrected chi connectivity index (χ2v) is 9.99. The summed E-state index contributed by atoms with van der Waals surface area (Å²) in [4.78, 5) is 5.28. The highest BCUT2D eigenvalue weighted by molar-refractivity contribution is 6.28. The molecule has 0 amide bonds. The van der Waals surface area contributed by atoms with Crippen molar-refractivity contribution in [1.29, 1.82) is 0 Å². The molecule has 5 aromatic carbocycles. The molecule has 0 bridgehead atoms. The fourth-order valence-electron chi connectivity index (χ4n) is 5.40. The first-order chi connectivity index (χ1) is 17.5. The SMILES string of the molecule is Cc1ccc(-c2cccc3c2-c2c(cccc2-c2ccc(C)cc2)C3=Nc2cc(C)cc(C)c2)cc1. The Balaban J connectivity index is 1.67. The zero-order valence-corrected chi connectivity index (χ0v) is 21.3. The quantitative estimate of drug-likeness (QED) is 0.248. The minimum atomic E-state index is 1.00. The van der Waals surface area contributed by atoms with Gasteiger partial charge in [0.05, 0.1) is 11.4 Å². The van der Waals surface area contributed by atoms with Crippen LogP contribution in [0.1, 0.15) is 33.4 Å². The number of aliphatic imine (C=N–C) groups is 1. The van der Waals surface area contributed by atoms with Crippen LogP contribution in [0, 0.1) is 27.7 Å². The smallest absolute Gasteiger partial charge is 0.0794 e. The van der Waals surface area contributed by atoms with Gasteiger partial charge in [-0.05, 0) is 73.2 Å². The molecule has 36 heavy (non-hydrogen) atoms. The number of aryl methyl sites for hydroxylation is 4. The maximum Gasteiger partial charge on any atom is 0.0794 e. The number of benzene rings is 5. The first kappa shape index (κ1) is 22.2. The van der Waals surface area contributed by atoms with Crippen molar-refractivity contribution in [3.8, 4) is 33.4 Å². The Morgan fingerprint density at radius 1 is 0.417 bits per heavy atom.